The van der Waals surface area contributed by atoms with Gasteiger partial charge in [0.1, 0.15) is 6.61 Å². The molecule has 0 aromatic heterocycles. The molecule has 3 rings (SSSR count). The van der Waals surface area contributed by atoms with E-state index >= 15 is 0 Å². The highest BCUT2D eigenvalue weighted by molar-refractivity contribution is 5.90. The lowest BCUT2D eigenvalue weighted by Gasteiger charge is -2.16. The summed E-state index contributed by atoms with van der Waals surface area (Å²) >= 11 is 0. The Morgan fingerprint density at radius 1 is 1.32 bits per heavy atom. The van der Waals surface area contributed by atoms with Gasteiger partial charge in [0.15, 0.2) is 0 Å². The second kappa shape index (κ2) is 5.10. The molecule has 0 radical (unpaired) electrons. The Morgan fingerprint density at radius 3 is 2.95 bits per heavy atom. The van der Waals surface area contributed by atoms with Crippen molar-refractivity contribution in [2.75, 3.05) is 6.54 Å². The van der Waals surface area contributed by atoms with E-state index in [1.54, 1.807) is 6.20 Å². The Bertz CT molecular complexity index is 573. The van der Waals surface area contributed by atoms with Gasteiger partial charge in [0, 0.05) is 30.7 Å². The second-order valence-electron chi connectivity index (χ2n) is 4.50. The van der Waals surface area contributed by atoms with E-state index in [0.29, 0.717) is 18.6 Å². The van der Waals surface area contributed by atoms with Crippen LogP contribution in [0, 0.1) is 0 Å². The summed E-state index contributed by atoms with van der Waals surface area (Å²) in [5, 5.41) is 0. The number of fused-ring (bicyclic) bond motifs is 1. The first kappa shape index (κ1) is 11.7. The molecule has 0 amide bonds. The topological polar surface area (TPSA) is 41.9 Å². The van der Waals surface area contributed by atoms with Gasteiger partial charge in [-0.05, 0) is 5.56 Å². The van der Waals surface area contributed by atoms with E-state index in [-0.39, 0.29) is 5.97 Å². The average Bonchev–Trinajstić information content (AvgIpc) is 2.90. The molecule has 4 heteroatoms. The van der Waals surface area contributed by atoms with Crippen LogP contribution >= 0.6 is 0 Å². The number of esters is 1. The zero-order chi connectivity index (χ0) is 13.1. The van der Waals surface area contributed by atoms with Crippen molar-refractivity contribution in [3.05, 3.63) is 59.6 Å². The fraction of sp³-hybridized carbons (Fsp3) is 0.200. The van der Waals surface area contributed by atoms with Gasteiger partial charge in [0.25, 0.3) is 0 Å². The number of hydrogen-bond donors (Lipinski definition) is 0. The fourth-order valence-electron chi connectivity index (χ4n) is 2.12. The van der Waals surface area contributed by atoms with Crippen LogP contribution in [0.4, 0.5) is 0 Å². The van der Waals surface area contributed by atoms with Gasteiger partial charge in [0.2, 0.25) is 0 Å². The fourth-order valence-corrected chi connectivity index (χ4v) is 2.12. The largest absolute Gasteiger partial charge is 0.457 e. The molecule has 2 heterocycles. The van der Waals surface area contributed by atoms with Crippen molar-refractivity contribution in [3.8, 4) is 0 Å². The molecule has 1 aromatic carbocycles. The molecule has 0 N–H and O–H groups in total. The summed E-state index contributed by atoms with van der Waals surface area (Å²) in [5.74, 6) is -0.251. The predicted molar refractivity (Wildman–Crippen MR) is 72.2 cm³/mol. The summed E-state index contributed by atoms with van der Waals surface area (Å²) in [7, 11) is 0. The third-order valence-electron chi connectivity index (χ3n) is 3.13. The Morgan fingerprint density at radius 2 is 2.16 bits per heavy atom. The van der Waals surface area contributed by atoms with Crippen molar-refractivity contribution in [3.63, 3.8) is 0 Å². The Balaban J connectivity index is 1.60. The lowest BCUT2D eigenvalue weighted by atomic mass is 10.2. The highest BCUT2D eigenvalue weighted by atomic mass is 16.5. The SMILES string of the molecule is O=C(OCc1ccccc1)C1=CN2CC=NC=C2C1. The molecule has 2 aliphatic heterocycles. The molecule has 0 aliphatic carbocycles. The Hall–Kier alpha value is -2.36. The van der Waals surface area contributed by atoms with Gasteiger partial charge < -0.3 is 9.64 Å². The van der Waals surface area contributed by atoms with Crippen LogP contribution in [0.5, 0.6) is 0 Å². The molecule has 0 saturated heterocycles. The Kier molecular flexibility index (Phi) is 3.14. The van der Waals surface area contributed by atoms with Gasteiger partial charge in [-0.1, -0.05) is 30.3 Å². The summed E-state index contributed by atoms with van der Waals surface area (Å²) in [6.07, 6.45) is 6.06. The van der Waals surface area contributed by atoms with Gasteiger partial charge in [-0.15, -0.1) is 0 Å². The average molecular weight is 254 g/mol. The van der Waals surface area contributed by atoms with Gasteiger partial charge in [-0.3, -0.25) is 4.99 Å². The molecule has 0 fully saturated rings. The number of hydrogen-bond acceptors (Lipinski definition) is 4. The van der Waals surface area contributed by atoms with Crippen LogP contribution in [0.1, 0.15) is 12.0 Å². The van der Waals surface area contributed by atoms with Gasteiger partial charge in [0.05, 0.1) is 12.1 Å². The van der Waals surface area contributed by atoms with E-state index in [9.17, 15) is 4.79 Å². The molecule has 0 atom stereocenters. The number of carbonyl (C=O) groups is 1. The van der Waals surface area contributed by atoms with Gasteiger partial charge in [-0.25, -0.2) is 4.79 Å². The van der Waals surface area contributed by atoms with Crippen molar-refractivity contribution in [2.45, 2.75) is 13.0 Å². The number of carbonyl (C=O) groups excluding carboxylic acids is 1. The molecular formula is C15H14N2O2. The highest BCUT2D eigenvalue weighted by Crippen LogP contribution is 2.27. The van der Waals surface area contributed by atoms with Crippen LogP contribution in [0.2, 0.25) is 0 Å². The zero-order valence-corrected chi connectivity index (χ0v) is 10.5. The third-order valence-corrected chi connectivity index (χ3v) is 3.13. The van der Waals surface area contributed by atoms with Crippen LogP contribution in [0.25, 0.3) is 0 Å². The first-order chi connectivity index (χ1) is 9.33. The number of allylic oxidation sites excluding steroid dienone is 1. The quantitative estimate of drug-likeness (QED) is 0.777. The minimum Gasteiger partial charge on any atom is -0.457 e. The van der Waals surface area contributed by atoms with Crippen molar-refractivity contribution >= 4 is 12.2 Å². The minimum absolute atomic E-state index is 0.251. The predicted octanol–water partition coefficient (Wildman–Crippen LogP) is 2.25. The molecule has 0 spiro atoms. The summed E-state index contributed by atoms with van der Waals surface area (Å²) in [5.41, 5.74) is 2.73. The number of rotatable bonds is 3. The molecule has 0 bridgehead atoms. The van der Waals surface area contributed by atoms with Crippen LogP contribution in [-0.4, -0.2) is 23.6 Å². The van der Waals surface area contributed by atoms with E-state index in [1.165, 1.54) is 0 Å². The third kappa shape index (κ3) is 2.57. The molecule has 19 heavy (non-hydrogen) atoms. The smallest absolute Gasteiger partial charge is 0.336 e. The van der Waals surface area contributed by atoms with E-state index in [4.69, 9.17) is 4.74 Å². The standard InChI is InChI=1S/C15H14N2O2/c18-15(19-11-12-4-2-1-3-5-12)13-8-14-9-16-6-7-17(14)10-13/h1-6,9-10H,7-8,11H2. The number of benzene rings is 1. The van der Waals surface area contributed by atoms with E-state index in [1.807, 2.05) is 47.6 Å². The van der Waals surface area contributed by atoms with Gasteiger partial charge >= 0.3 is 5.97 Å². The molecule has 1 aromatic rings. The van der Waals surface area contributed by atoms with Crippen LogP contribution in [-0.2, 0) is 16.1 Å². The summed E-state index contributed by atoms with van der Waals surface area (Å²) in [6.45, 7) is 1.04. The molecule has 4 nitrogen and oxygen atoms in total. The lowest BCUT2D eigenvalue weighted by molar-refractivity contribution is -0.140. The first-order valence-corrected chi connectivity index (χ1v) is 6.22. The number of nitrogens with zero attached hydrogens (tertiary/aromatic N) is 2. The summed E-state index contributed by atoms with van der Waals surface area (Å²) in [4.78, 5) is 18.1. The van der Waals surface area contributed by atoms with Crippen LogP contribution in [0.15, 0.2) is 59.0 Å². The number of ether oxygens (including phenoxy) is 1. The van der Waals surface area contributed by atoms with Crippen molar-refractivity contribution in [2.24, 2.45) is 4.99 Å². The first-order valence-electron chi connectivity index (χ1n) is 6.22. The Labute approximate surface area is 111 Å². The van der Waals surface area contributed by atoms with E-state index < -0.39 is 0 Å². The molecular weight excluding hydrogens is 240 g/mol. The van der Waals surface area contributed by atoms with Crippen molar-refractivity contribution in [1.82, 2.24) is 4.90 Å². The lowest BCUT2D eigenvalue weighted by Crippen LogP contribution is -2.17. The maximum absolute atomic E-state index is 12.0. The van der Waals surface area contributed by atoms with Crippen LogP contribution < -0.4 is 0 Å². The summed E-state index contributed by atoms with van der Waals surface area (Å²) in [6, 6.07) is 9.68. The van der Waals surface area contributed by atoms with Crippen LogP contribution in [0.3, 0.4) is 0 Å². The normalized spacial score (nSPS) is 16.7. The summed E-state index contributed by atoms with van der Waals surface area (Å²) < 4.78 is 5.32. The van der Waals surface area contributed by atoms with E-state index in [2.05, 4.69) is 4.99 Å². The second-order valence-corrected chi connectivity index (χ2v) is 4.50. The molecule has 2 aliphatic rings. The molecule has 0 saturated carbocycles. The minimum atomic E-state index is -0.251. The van der Waals surface area contributed by atoms with Crippen molar-refractivity contribution < 1.29 is 9.53 Å². The molecule has 96 valence electrons. The maximum atomic E-state index is 12.0. The monoisotopic (exact) mass is 254 g/mol. The maximum Gasteiger partial charge on any atom is 0.336 e. The van der Waals surface area contributed by atoms with Gasteiger partial charge in [-0.2, -0.15) is 0 Å². The number of aliphatic imine (C=N–C) groups is 1. The van der Waals surface area contributed by atoms with E-state index in [0.717, 1.165) is 17.8 Å². The molecule has 0 unspecified atom stereocenters. The zero-order valence-electron chi connectivity index (χ0n) is 10.5. The van der Waals surface area contributed by atoms with Crippen molar-refractivity contribution in [1.29, 1.82) is 0 Å². The highest BCUT2D eigenvalue weighted by Gasteiger charge is 2.24.